The number of allylic oxidation sites excluding steroid dienone is 1. The maximum Gasteiger partial charge on any atom is 0.0196 e. The second-order valence-electron chi connectivity index (χ2n) is 1.93. The molecule has 0 bridgehead atoms. The first-order valence-electron chi connectivity index (χ1n) is 2.74. The van der Waals surface area contributed by atoms with Gasteiger partial charge in [0.05, 0.1) is 0 Å². The van der Waals surface area contributed by atoms with E-state index in [1.807, 2.05) is 0 Å². The minimum atomic E-state index is 0.550. The van der Waals surface area contributed by atoms with E-state index < -0.39 is 0 Å². The van der Waals surface area contributed by atoms with Crippen LogP contribution in [0.4, 0.5) is 0 Å². The van der Waals surface area contributed by atoms with Gasteiger partial charge < -0.3 is 0 Å². The Hall–Kier alpha value is 0.0900. The largest absolute Gasteiger partial charge is 0.172 e. The van der Waals surface area contributed by atoms with Gasteiger partial charge in [0, 0.05) is 5.25 Å². The van der Waals surface area contributed by atoms with Crippen LogP contribution in [0.2, 0.25) is 0 Å². The Kier molecular flexibility index (Phi) is 1.80. The summed E-state index contributed by atoms with van der Waals surface area (Å²) in [5.74, 6) is 0. The van der Waals surface area contributed by atoms with Crippen LogP contribution in [0.1, 0.15) is 19.3 Å². The Balaban J connectivity index is 2.36. The van der Waals surface area contributed by atoms with E-state index in [1.54, 1.807) is 0 Å². The van der Waals surface area contributed by atoms with Gasteiger partial charge in [-0.2, -0.15) is 12.6 Å². The van der Waals surface area contributed by atoms with Crippen molar-refractivity contribution in [3.63, 3.8) is 0 Å². The molecule has 0 heterocycles. The summed E-state index contributed by atoms with van der Waals surface area (Å²) in [6, 6.07) is 0. The summed E-state index contributed by atoms with van der Waals surface area (Å²) in [5, 5.41) is 0.550. The molecule has 1 aliphatic rings. The molecule has 1 atom stereocenters. The van der Waals surface area contributed by atoms with Crippen molar-refractivity contribution in [1.82, 2.24) is 0 Å². The van der Waals surface area contributed by atoms with Crippen molar-refractivity contribution in [3.8, 4) is 0 Å². The number of rotatable bonds is 0. The van der Waals surface area contributed by atoms with E-state index in [0.717, 1.165) is 0 Å². The molecule has 0 fully saturated rings. The van der Waals surface area contributed by atoms with Crippen LogP contribution in [0.15, 0.2) is 12.2 Å². The fraction of sp³-hybridized carbons (Fsp3) is 0.667. The third-order valence-electron chi connectivity index (χ3n) is 1.23. The highest BCUT2D eigenvalue weighted by Crippen LogP contribution is 2.14. The van der Waals surface area contributed by atoms with Crippen LogP contribution < -0.4 is 0 Å². The SMILES string of the molecule is S[C@@H]1C=CCCC1. The Morgan fingerprint density at radius 3 is 2.71 bits per heavy atom. The fourth-order valence-electron chi connectivity index (χ4n) is 0.794. The van der Waals surface area contributed by atoms with Crippen molar-refractivity contribution in [3.05, 3.63) is 12.2 Å². The lowest BCUT2D eigenvalue weighted by Gasteiger charge is -2.07. The van der Waals surface area contributed by atoms with Gasteiger partial charge in [0.2, 0.25) is 0 Å². The molecule has 1 heteroatoms. The lowest BCUT2D eigenvalue weighted by atomic mass is 10.1. The predicted octanol–water partition coefficient (Wildman–Crippen LogP) is 2.02. The van der Waals surface area contributed by atoms with E-state index in [9.17, 15) is 0 Å². The molecule has 40 valence electrons. The Morgan fingerprint density at radius 2 is 2.43 bits per heavy atom. The molecule has 0 radical (unpaired) electrons. The average molecular weight is 114 g/mol. The van der Waals surface area contributed by atoms with Gasteiger partial charge >= 0.3 is 0 Å². The van der Waals surface area contributed by atoms with Crippen LogP contribution in [0.3, 0.4) is 0 Å². The van der Waals surface area contributed by atoms with Crippen molar-refractivity contribution in [2.24, 2.45) is 0 Å². The summed E-state index contributed by atoms with van der Waals surface area (Å²) in [7, 11) is 0. The molecule has 0 aliphatic heterocycles. The zero-order valence-electron chi connectivity index (χ0n) is 4.30. The molecule has 0 aromatic carbocycles. The minimum Gasteiger partial charge on any atom is -0.172 e. The number of hydrogen-bond acceptors (Lipinski definition) is 1. The second-order valence-corrected chi connectivity index (χ2v) is 2.59. The summed E-state index contributed by atoms with van der Waals surface area (Å²) < 4.78 is 0. The van der Waals surface area contributed by atoms with E-state index in [0.29, 0.717) is 5.25 Å². The summed E-state index contributed by atoms with van der Waals surface area (Å²) in [5.41, 5.74) is 0. The van der Waals surface area contributed by atoms with Crippen LogP contribution in [0.25, 0.3) is 0 Å². The van der Waals surface area contributed by atoms with Crippen LogP contribution in [-0.4, -0.2) is 5.25 Å². The van der Waals surface area contributed by atoms with Crippen molar-refractivity contribution in [2.75, 3.05) is 0 Å². The summed E-state index contributed by atoms with van der Waals surface area (Å²) in [6.45, 7) is 0. The monoisotopic (exact) mass is 114 g/mol. The number of thiol groups is 1. The molecule has 0 spiro atoms. The van der Waals surface area contributed by atoms with Gasteiger partial charge in [0.1, 0.15) is 0 Å². The van der Waals surface area contributed by atoms with Crippen LogP contribution in [0, 0.1) is 0 Å². The van der Waals surface area contributed by atoms with Crippen LogP contribution in [0.5, 0.6) is 0 Å². The summed E-state index contributed by atoms with van der Waals surface area (Å²) in [4.78, 5) is 0. The molecule has 1 aliphatic carbocycles. The molecule has 0 saturated carbocycles. The molecule has 0 unspecified atom stereocenters. The van der Waals surface area contributed by atoms with Crippen LogP contribution in [-0.2, 0) is 0 Å². The molecular weight excluding hydrogens is 104 g/mol. The van der Waals surface area contributed by atoms with Gasteiger partial charge in [-0.15, -0.1) is 0 Å². The van der Waals surface area contributed by atoms with Gasteiger partial charge in [-0.1, -0.05) is 12.2 Å². The molecule has 0 aromatic heterocycles. The van der Waals surface area contributed by atoms with Gasteiger partial charge in [-0.25, -0.2) is 0 Å². The van der Waals surface area contributed by atoms with Crippen LogP contribution >= 0.6 is 12.6 Å². The maximum absolute atomic E-state index is 4.27. The van der Waals surface area contributed by atoms with Gasteiger partial charge in [0.15, 0.2) is 0 Å². The molecule has 7 heavy (non-hydrogen) atoms. The van der Waals surface area contributed by atoms with Gasteiger partial charge in [0.25, 0.3) is 0 Å². The molecule has 0 N–H and O–H groups in total. The summed E-state index contributed by atoms with van der Waals surface area (Å²) in [6.07, 6.45) is 8.23. The Bertz CT molecular complexity index is 76.2. The second kappa shape index (κ2) is 2.41. The molecule has 0 saturated heterocycles. The smallest absolute Gasteiger partial charge is 0.0196 e. The highest BCUT2D eigenvalue weighted by atomic mass is 32.1. The first kappa shape index (κ1) is 5.23. The first-order chi connectivity index (χ1) is 3.39. The molecule has 0 amide bonds. The Labute approximate surface area is 50.0 Å². The topological polar surface area (TPSA) is 0 Å². The zero-order chi connectivity index (χ0) is 5.11. The van der Waals surface area contributed by atoms with Crippen molar-refractivity contribution in [2.45, 2.75) is 24.5 Å². The van der Waals surface area contributed by atoms with E-state index >= 15 is 0 Å². The van der Waals surface area contributed by atoms with E-state index in [-0.39, 0.29) is 0 Å². The lowest BCUT2D eigenvalue weighted by molar-refractivity contribution is 0.744. The minimum absolute atomic E-state index is 0.550. The van der Waals surface area contributed by atoms with Crippen molar-refractivity contribution >= 4 is 12.6 Å². The predicted molar refractivity (Wildman–Crippen MR) is 35.8 cm³/mol. The van der Waals surface area contributed by atoms with Gasteiger partial charge in [-0.05, 0) is 19.3 Å². The quantitative estimate of drug-likeness (QED) is 0.361. The number of hydrogen-bond donors (Lipinski definition) is 1. The third kappa shape index (κ3) is 1.56. The highest BCUT2D eigenvalue weighted by molar-refractivity contribution is 7.81. The summed E-state index contributed by atoms with van der Waals surface area (Å²) >= 11 is 4.27. The molecular formula is C6H10S. The fourth-order valence-corrected chi connectivity index (χ4v) is 1.10. The first-order valence-corrected chi connectivity index (χ1v) is 3.26. The molecule has 0 nitrogen and oxygen atoms in total. The van der Waals surface area contributed by atoms with Crippen molar-refractivity contribution < 1.29 is 0 Å². The van der Waals surface area contributed by atoms with Gasteiger partial charge in [-0.3, -0.25) is 0 Å². The van der Waals surface area contributed by atoms with E-state index in [4.69, 9.17) is 0 Å². The van der Waals surface area contributed by atoms with E-state index in [2.05, 4.69) is 24.8 Å². The normalized spacial score (nSPS) is 30.7. The Morgan fingerprint density at radius 1 is 1.57 bits per heavy atom. The maximum atomic E-state index is 4.27. The van der Waals surface area contributed by atoms with Crippen molar-refractivity contribution in [1.29, 1.82) is 0 Å². The molecule has 1 rings (SSSR count). The zero-order valence-corrected chi connectivity index (χ0v) is 5.20. The lowest BCUT2D eigenvalue weighted by Crippen LogP contribution is -1.96. The third-order valence-corrected chi connectivity index (χ3v) is 1.66. The average Bonchev–Trinajstić information content (AvgIpc) is 1.69. The molecule has 0 aromatic rings. The standard InChI is InChI=1S/C6H10S/c7-6-4-2-1-3-5-6/h2,4,6-7H,1,3,5H2/t6-/m1/s1. The highest BCUT2D eigenvalue weighted by Gasteiger charge is 1.99. The van der Waals surface area contributed by atoms with E-state index in [1.165, 1.54) is 19.3 Å².